The van der Waals surface area contributed by atoms with E-state index < -0.39 is 0 Å². The van der Waals surface area contributed by atoms with Gasteiger partial charge in [0.2, 0.25) is 0 Å². The van der Waals surface area contributed by atoms with Crippen LogP contribution in [0.1, 0.15) is 26.7 Å². The Kier molecular flexibility index (Phi) is 3.34. The van der Waals surface area contributed by atoms with Crippen molar-refractivity contribution in [2.45, 2.75) is 38.8 Å². The zero-order valence-corrected chi connectivity index (χ0v) is 7.76. The molecule has 0 heterocycles. The zero-order valence-electron chi connectivity index (χ0n) is 7.76. The maximum atomic E-state index is 5.43. The first-order valence-corrected chi connectivity index (χ1v) is 4.55. The molecule has 11 heavy (non-hydrogen) atoms. The van der Waals surface area contributed by atoms with E-state index in [1.165, 1.54) is 12.8 Å². The molecular formula is C9H19NO. The molecule has 0 aromatic carbocycles. The summed E-state index contributed by atoms with van der Waals surface area (Å²) in [5.74, 6) is 0.828. The summed E-state index contributed by atoms with van der Waals surface area (Å²) >= 11 is 0. The fourth-order valence-electron chi connectivity index (χ4n) is 1.67. The molecular weight excluding hydrogens is 138 g/mol. The van der Waals surface area contributed by atoms with E-state index in [1.807, 2.05) is 7.11 Å². The molecule has 0 aliphatic heterocycles. The summed E-state index contributed by atoms with van der Waals surface area (Å²) < 4.78 is 5.43. The normalized spacial score (nSPS) is 23.2. The molecule has 1 rings (SSSR count). The summed E-state index contributed by atoms with van der Waals surface area (Å²) in [5.41, 5.74) is 0. The van der Waals surface area contributed by atoms with Crippen LogP contribution < -0.4 is 5.32 Å². The molecule has 0 aromatic heterocycles. The molecule has 0 spiro atoms. The van der Waals surface area contributed by atoms with Crippen LogP contribution in [0.3, 0.4) is 0 Å². The van der Waals surface area contributed by atoms with Gasteiger partial charge in [0.05, 0.1) is 6.10 Å². The summed E-state index contributed by atoms with van der Waals surface area (Å²) in [6.07, 6.45) is 3.15. The monoisotopic (exact) mass is 157 g/mol. The molecule has 2 nitrogen and oxygen atoms in total. The van der Waals surface area contributed by atoms with Crippen LogP contribution in [-0.4, -0.2) is 25.8 Å². The third-order valence-corrected chi connectivity index (χ3v) is 2.38. The minimum Gasteiger partial charge on any atom is -0.380 e. The molecule has 1 fully saturated rings. The Hall–Kier alpha value is -0.0800. The third kappa shape index (κ3) is 2.46. The van der Waals surface area contributed by atoms with Crippen molar-refractivity contribution in [2.24, 2.45) is 5.92 Å². The second-order valence-electron chi connectivity index (χ2n) is 3.38. The van der Waals surface area contributed by atoms with Gasteiger partial charge < -0.3 is 10.1 Å². The van der Waals surface area contributed by atoms with E-state index in [2.05, 4.69) is 19.2 Å². The van der Waals surface area contributed by atoms with Crippen LogP contribution in [0, 0.1) is 5.92 Å². The molecule has 0 amide bonds. The molecule has 2 atom stereocenters. The van der Waals surface area contributed by atoms with Crippen LogP contribution in [0.2, 0.25) is 0 Å². The smallest absolute Gasteiger partial charge is 0.0749 e. The van der Waals surface area contributed by atoms with Crippen molar-refractivity contribution in [3.63, 3.8) is 0 Å². The van der Waals surface area contributed by atoms with Crippen LogP contribution in [0.25, 0.3) is 0 Å². The first-order chi connectivity index (χ1) is 5.29. The average Bonchev–Trinajstić information content (AvgIpc) is 2.73. The van der Waals surface area contributed by atoms with Crippen molar-refractivity contribution < 1.29 is 4.74 Å². The van der Waals surface area contributed by atoms with E-state index >= 15 is 0 Å². The largest absolute Gasteiger partial charge is 0.380 e. The van der Waals surface area contributed by atoms with Crippen molar-refractivity contribution in [1.82, 2.24) is 5.32 Å². The van der Waals surface area contributed by atoms with Gasteiger partial charge in [-0.2, -0.15) is 0 Å². The lowest BCUT2D eigenvalue weighted by atomic mass is 10.1. The number of hydrogen-bond acceptors (Lipinski definition) is 2. The fraction of sp³-hybridized carbons (Fsp3) is 1.00. The standard InChI is InChI=1S/C9H19NO/c1-4-10-7(2)9(11-3)8-5-6-8/h7-10H,4-6H2,1-3H3. The molecule has 1 N–H and O–H groups in total. The highest BCUT2D eigenvalue weighted by atomic mass is 16.5. The summed E-state index contributed by atoms with van der Waals surface area (Å²) in [6.45, 7) is 5.37. The Bertz CT molecular complexity index is 112. The van der Waals surface area contributed by atoms with Crippen LogP contribution in [0.4, 0.5) is 0 Å². The fourth-order valence-corrected chi connectivity index (χ4v) is 1.67. The molecule has 0 radical (unpaired) electrons. The van der Waals surface area contributed by atoms with Crippen molar-refractivity contribution >= 4 is 0 Å². The number of rotatable bonds is 5. The lowest BCUT2D eigenvalue weighted by Crippen LogP contribution is -2.39. The van der Waals surface area contributed by atoms with Gasteiger partial charge in [-0.05, 0) is 32.2 Å². The van der Waals surface area contributed by atoms with E-state index in [1.54, 1.807) is 0 Å². The van der Waals surface area contributed by atoms with Crippen LogP contribution in [0.15, 0.2) is 0 Å². The van der Waals surface area contributed by atoms with Crippen molar-refractivity contribution in [3.05, 3.63) is 0 Å². The van der Waals surface area contributed by atoms with E-state index in [4.69, 9.17) is 4.74 Å². The second kappa shape index (κ2) is 4.07. The van der Waals surface area contributed by atoms with Crippen molar-refractivity contribution in [1.29, 1.82) is 0 Å². The number of hydrogen-bond donors (Lipinski definition) is 1. The number of likely N-dealkylation sites (N-methyl/N-ethyl adjacent to an activating group) is 1. The molecule has 0 saturated heterocycles. The highest BCUT2D eigenvalue weighted by molar-refractivity contribution is 4.87. The lowest BCUT2D eigenvalue weighted by molar-refractivity contribution is 0.0570. The van der Waals surface area contributed by atoms with Crippen LogP contribution in [-0.2, 0) is 4.74 Å². The summed E-state index contributed by atoms with van der Waals surface area (Å²) in [6, 6.07) is 0.512. The summed E-state index contributed by atoms with van der Waals surface area (Å²) in [4.78, 5) is 0. The lowest BCUT2D eigenvalue weighted by Gasteiger charge is -2.22. The second-order valence-corrected chi connectivity index (χ2v) is 3.38. The van der Waals surface area contributed by atoms with Gasteiger partial charge in [0.1, 0.15) is 0 Å². The third-order valence-electron chi connectivity index (χ3n) is 2.38. The minimum absolute atomic E-state index is 0.440. The van der Waals surface area contributed by atoms with Gasteiger partial charge in [0.15, 0.2) is 0 Å². The van der Waals surface area contributed by atoms with Gasteiger partial charge in [-0.15, -0.1) is 0 Å². The van der Waals surface area contributed by atoms with Gasteiger partial charge >= 0.3 is 0 Å². The van der Waals surface area contributed by atoms with Gasteiger partial charge in [-0.1, -0.05) is 6.92 Å². The predicted octanol–water partition coefficient (Wildman–Crippen LogP) is 1.41. The maximum Gasteiger partial charge on any atom is 0.0749 e. The number of ether oxygens (including phenoxy) is 1. The SMILES string of the molecule is CCNC(C)C(OC)C1CC1. The Labute approximate surface area is 69.3 Å². The van der Waals surface area contributed by atoms with Crippen molar-refractivity contribution in [2.75, 3.05) is 13.7 Å². The number of nitrogens with one attached hydrogen (secondary N) is 1. The minimum atomic E-state index is 0.440. The molecule has 1 aliphatic carbocycles. The Morgan fingerprint density at radius 2 is 2.18 bits per heavy atom. The Morgan fingerprint density at radius 1 is 1.55 bits per heavy atom. The highest BCUT2D eigenvalue weighted by Gasteiger charge is 2.34. The van der Waals surface area contributed by atoms with Crippen molar-refractivity contribution in [3.8, 4) is 0 Å². The first kappa shape index (κ1) is 9.01. The van der Waals surface area contributed by atoms with Crippen LogP contribution in [0.5, 0.6) is 0 Å². The molecule has 66 valence electrons. The topological polar surface area (TPSA) is 21.3 Å². The highest BCUT2D eigenvalue weighted by Crippen LogP contribution is 2.35. The molecule has 2 unspecified atom stereocenters. The predicted molar refractivity (Wildman–Crippen MR) is 46.7 cm³/mol. The molecule has 0 bridgehead atoms. The van der Waals surface area contributed by atoms with Crippen LogP contribution >= 0.6 is 0 Å². The van der Waals surface area contributed by atoms with Gasteiger partial charge in [-0.25, -0.2) is 0 Å². The number of methoxy groups -OCH3 is 1. The Balaban J connectivity index is 2.27. The van der Waals surface area contributed by atoms with E-state index in [-0.39, 0.29) is 0 Å². The zero-order chi connectivity index (χ0) is 8.27. The molecule has 2 heteroatoms. The summed E-state index contributed by atoms with van der Waals surface area (Å²) in [5, 5.41) is 3.39. The molecule has 0 aromatic rings. The molecule has 1 saturated carbocycles. The van der Waals surface area contributed by atoms with Gasteiger partial charge in [0.25, 0.3) is 0 Å². The average molecular weight is 157 g/mol. The van der Waals surface area contributed by atoms with E-state index in [0.29, 0.717) is 12.1 Å². The summed E-state index contributed by atoms with van der Waals surface area (Å²) in [7, 11) is 1.82. The van der Waals surface area contributed by atoms with Gasteiger partial charge in [-0.3, -0.25) is 0 Å². The molecule has 1 aliphatic rings. The Morgan fingerprint density at radius 3 is 2.55 bits per heavy atom. The quantitative estimate of drug-likeness (QED) is 0.651. The first-order valence-electron chi connectivity index (χ1n) is 4.55. The van der Waals surface area contributed by atoms with E-state index in [9.17, 15) is 0 Å². The van der Waals surface area contributed by atoms with Gasteiger partial charge in [0, 0.05) is 13.2 Å². The van der Waals surface area contributed by atoms with E-state index in [0.717, 1.165) is 12.5 Å². The maximum absolute atomic E-state index is 5.43.